The first-order valence-electron chi connectivity index (χ1n) is 14.1. The Bertz CT molecular complexity index is 706. The second-order valence-electron chi connectivity index (χ2n) is 9.84. The molecule has 0 saturated heterocycles. The summed E-state index contributed by atoms with van der Waals surface area (Å²) in [5.74, 6) is -2.07. The number of rotatable bonds is 25. The summed E-state index contributed by atoms with van der Waals surface area (Å²) in [4.78, 5) is 57.1. The number of esters is 4. The lowest BCUT2D eigenvalue weighted by Gasteiger charge is -2.13. The minimum atomic E-state index is -0.883. The Morgan fingerprint density at radius 3 is 1.62 bits per heavy atom. The summed E-state index contributed by atoms with van der Waals surface area (Å²) in [7, 11) is 0. The van der Waals surface area contributed by atoms with Gasteiger partial charge in [0.05, 0.1) is 25.9 Å². The fourth-order valence-corrected chi connectivity index (χ4v) is 3.37. The van der Waals surface area contributed by atoms with Crippen LogP contribution < -0.4 is 0 Å². The molecule has 226 valence electrons. The number of hydrogen-bond donors (Lipinski definition) is 1. The van der Waals surface area contributed by atoms with Crippen LogP contribution in [-0.4, -0.2) is 74.1 Å². The van der Waals surface area contributed by atoms with E-state index in [9.17, 15) is 24.0 Å². The lowest BCUT2D eigenvalue weighted by molar-refractivity contribution is -0.160. The standard InChI is InChI=1S/C28H48O11/c1-22(2)11-5-4-6-15-27(33)39-28(34)16-10-9-14-25(31)37-18-17-35-21-23(3)36-19-20-38-26(32)13-8-7-12-24(29)30/h22-23H,4-21H2,1-3H3,(H,29,30). The topological polar surface area (TPSA) is 152 Å². The number of ether oxygens (including phenoxy) is 5. The number of carboxylic acid groups (broad SMARTS) is 1. The van der Waals surface area contributed by atoms with E-state index in [0.717, 1.165) is 25.7 Å². The Morgan fingerprint density at radius 2 is 1.08 bits per heavy atom. The molecular weight excluding hydrogens is 512 g/mol. The Morgan fingerprint density at radius 1 is 0.590 bits per heavy atom. The third-order valence-electron chi connectivity index (χ3n) is 5.52. The maximum Gasteiger partial charge on any atom is 0.313 e. The maximum absolute atomic E-state index is 11.8. The molecule has 0 amide bonds. The van der Waals surface area contributed by atoms with Crippen LogP contribution in [0.15, 0.2) is 0 Å². The van der Waals surface area contributed by atoms with Gasteiger partial charge >= 0.3 is 29.8 Å². The molecule has 0 rings (SSSR count). The van der Waals surface area contributed by atoms with Gasteiger partial charge in [-0.3, -0.25) is 24.0 Å². The van der Waals surface area contributed by atoms with Gasteiger partial charge in [-0.2, -0.15) is 0 Å². The fraction of sp³-hybridized carbons (Fsp3) is 0.821. The van der Waals surface area contributed by atoms with E-state index in [1.54, 1.807) is 6.92 Å². The second kappa shape index (κ2) is 24.5. The molecule has 0 aromatic heterocycles. The first-order chi connectivity index (χ1) is 18.6. The molecule has 0 radical (unpaired) electrons. The minimum Gasteiger partial charge on any atom is -0.481 e. The molecule has 0 fully saturated rings. The molecule has 0 aromatic carbocycles. The molecule has 1 atom stereocenters. The van der Waals surface area contributed by atoms with Crippen LogP contribution in [0.1, 0.15) is 104 Å². The fourth-order valence-electron chi connectivity index (χ4n) is 3.37. The van der Waals surface area contributed by atoms with Gasteiger partial charge in [-0.1, -0.05) is 33.1 Å². The van der Waals surface area contributed by atoms with E-state index < -0.39 is 23.9 Å². The highest BCUT2D eigenvalue weighted by molar-refractivity contribution is 5.85. The zero-order valence-electron chi connectivity index (χ0n) is 23.9. The average Bonchev–Trinajstić information content (AvgIpc) is 2.86. The van der Waals surface area contributed by atoms with Crippen molar-refractivity contribution in [3.05, 3.63) is 0 Å². The number of aliphatic carboxylic acids is 1. The van der Waals surface area contributed by atoms with Crippen molar-refractivity contribution in [3.63, 3.8) is 0 Å². The molecule has 0 aromatic rings. The minimum absolute atomic E-state index is 0.0360. The highest BCUT2D eigenvalue weighted by atomic mass is 16.6. The van der Waals surface area contributed by atoms with Crippen molar-refractivity contribution in [2.75, 3.05) is 33.0 Å². The van der Waals surface area contributed by atoms with E-state index in [0.29, 0.717) is 31.6 Å². The van der Waals surface area contributed by atoms with Crippen molar-refractivity contribution >= 4 is 29.8 Å². The van der Waals surface area contributed by atoms with Gasteiger partial charge in [0.2, 0.25) is 0 Å². The van der Waals surface area contributed by atoms with Gasteiger partial charge in [0.1, 0.15) is 13.2 Å². The van der Waals surface area contributed by atoms with Crippen LogP contribution in [0, 0.1) is 5.92 Å². The second-order valence-corrected chi connectivity index (χ2v) is 9.84. The van der Waals surface area contributed by atoms with Crippen molar-refractivity contribution in [1.82, 2.24) is 0 Å². The summed E-state index contributed by atoms with van der Waals surface area (Å²) in [6.45, 7) is 7.01. The Kier molecular flexibility index (Phi) is 22.9. The molecular formula is C28H48O11. The van der Waals surface area contributed by atoms with Gasteiger partial charge in [-0.25, -0.2) is 0 Å². The Labute approximate surface area is 232 Å². The highest BCUT2D eigenvalue weighted by Gasteiger charge is 2.11. The normalized spacial score (nSPS) is 11.7. The van der Waals surface area contributed by atoms with Crippen molar-refractivity contribution in [3.8, 4) is 0 Å². The van der Waals surface area contributed by atoms with Crippen LogP contribution in [0.3, 0.4) is 0 Å². The smallest absolute Gasteiger partial charge is 0.313 e. The van der Waals surface area contributed by atoms with Gasteiger partial charge in [-0.15, -0.1) is 0 Å². The van der Waals surface area contributed by atoms with Gasteiger partial charge in [0, 0.05) is 32.1 Å². The molecule has 39 heavy (non-hydrogen) atoms. The maximum atomic E-state index is 11.8. The number of carboxylic acids is 1. The van der Waals surface area contributed by atoms with Crippen LogP contribution in [0.25, 0.3) is 0 Å². The summed E-state index contributed by atoms with van der Waals surface area (Å²) in [6.07, 6.45) is 6.11. The van der Waals surface area contributed by atoms with Crippen LogP contribution in [0.2, 0.25) is 0 Å². The lowest BCUT2D eigenvalue weighted by Crippen LogP contribution is -2.21. The van der Waals surface area contributed by atoms with Gasteiger partial charge < -0.3 is 28.8 Å². The summed E-state index contributed by atoms with van der Waals surface area (Å²) in [5, 5.41) is 8.54. The highest BCUT2D eigenvalue weighted by Crippen LogP contribution is 2.10. The third kappa shape index (κ3) is 26.8. The Balaban J connectivity index is 3.58. The number of carbonyl (C=O) groups excluding carboxylic acids is 4. The predicted molar refractivity (Wildman–Crippen MR) is 142 cm³/mol. The molecule has 1 unspecified atom stereocenters. The van der Waals surface area contributed by atoms with Crippen molar-refractivity contribution in [2.24, 2.45) is 5.92 Å². The molecule has 0 aliphatic rings. The SMILES string of the molecule is CC(C)CCCCCC(=O)OC(=O)CCCCC(=O)OCCOCC(C)OCCOC(=O)CCCCC(=O)O. The zero-order valence-corrected chi connectivity index (χ0v) is 23.9. The van der Waals surface area contributed by atoms with Crippen molar-refractivity contribution < 1.29 is 52.8 Å². The number of unbranched alkanes of at least 4 members (excludes halogenated alkanes) is 4. The number of hydrogen-bond acceptors (Lipinski definition) is 10. The van der Waals surface area contributed by atoms with Gasteiger partial charge in [-0.05, 0) is 44.9 Å². The van der Waals surface area contributed by atoms with Crippen molar-refractivity contribution in [2.45, 2.75) is 110 Å². The van der Waals surface area contributed by atoms with E-state index >= 15 is 0 Å². The first-order valence-corrected chi connectivity index (χ1v) is 14.1. The predicted octanol–water partition coefficient (Wildman–Crippen LogP) is 4.38. The zero-order chi connectivity index (χ0) is 29.3. The third-order valence-corrected chi connectivity index (χ3v) is 5.52. The van der Waals surface area contributed by atoms with Gasteiger partial charge in [0.15, 0.2) is 0 Å². The largest absolute Gasteiger partial charge is 0.481 e. The molecule has 11 heteroatoms. The lowest BCUT2D eigenvalue weighted by atomic mass is 10.0. The van der Waals surface area contributed by atoms with E-state index in [2.05, 4.69) is 13.8 Å². The molecule has 0 aliphatic heterocycles. The van der Waals surface area contributed by atoms with Crippen LogP contribution >= 0.6 is 0 Å². The van der Waals surface area contributed by atoms with E-state index in [4.69, 9.17) is 28.8 Å². The van der Waals surface area contributed by atoms with Crippen molar-refractivity contribution in [1.29, 1.82) is 0 Å². The van der Waals surface area contributed by atoms with Gasteiger partial charge in [0.25, 0.3) is 0 Å². The summed E-state index contributed by atoms with van der Waals surface area (Å²) in [6, 6.07) is 0. The molecule has 0 bridgehead atoms. The summed E-state index contributed by atoms with van der Waals surface area (Å²) in [5.41, 5.74) is 0. The Hall–Kier alpha value is -2.53. The van der Waals surface area contributed by atoms with E-state index in [1.807, 2.05) is 0 Å². The summed E-state index contributed by atoms with van der Waals surface area (Å²) < 4.78 is 25.8. The monoisotopic (exact) mass is 560 g/mol. The average molecular weight is 561 g/mol. The molecule has 1 N–H and O–H groups in total. The molecule has 0 spiro atoms. The van der Waals surface area contributed by atoms with E-state index in [1.165, 1.54) is 0 Å². The number of carbonyl (C=O) groups is 5. The first kappa shape index (κ1) is 36.5. The molecule has 0 heterocycles. The molecule has 0 aliphatic carbocycles. The molecule has 0 saturated carbocycles. The van der Waals surface area contributed by atoms with Crippen LogP contribution in [0.5, 0.6) is 0 Å². The van der Waals surface area contributed by atoms with Crippen LogP contribution in [0.4, 0.5) is 0 Å². The van der Waals surface area contributed by atoms with E-state index in [-0.39, 0.29) is 77.2 Å². The quantitative estimate of drug-likeness (QED) is 0.0733. The summed E-state index contributed by atoms with van der Waals surface area (Å²) >= 11 is 0. The van der Waals surface area contributed by atoms with Crippen LogP contribution in [-0.2, 0) is 47.7 Å². The molecule has 11 nitrogen and oxygen atoms in total.